The van der Waals surface area contributed by atoms with Gasteiger partial charge in [0.2, 0.25) is 10.0 Å². The number of hydrogen-bond acceptors (Lipinski definition) is 4. The van der Waals surface area contributed by atoms with Gasteiger partial charge in [0, 0.05) is 6.04 Å². The highest BCUT2D eigenvalue weighted by molar-refractivity contribution is 7.99. The molecule has 0 spiro atoms. The lowest BCUT2D eigenvalue weighted by atomic mass is 10.2. The summed E-state index contributed by atoms with van der Waals surface area (Å²) < 4.78 is 27.3. The van der Waals surface area contributed by atoms with E-state index in [0.29, 0.717) is 11.3 Å². The van der Waals surface area contributed by atoms with Crippen LogP contribution in [0.2, 0.25) is 0 Å². The molecule has 0 saturated carbocycles. The molecule has 19 heavy (non-hydrogen) atoms. The van der Waals surface area contributed by atoms with E-state index in [2.05, 4.69) is 11.6 Å². The Labute approximate surface area is 120 Å². The maximum Gasteiger partial charge on any atom is 0.243 e. The number of anilines is 1. The van der Waals surface area contributed by atoms with E-state index in [4.69, 9.17) is 5.73 Å². The average molecular weight is 302 g/mol. The van der Waals surface area contributed by atoms with Crippen LogP contribution < -0.4 is 10.5 Å². The third-order valence-corrected chi connectivity index (χ3v) is 5.51. The Morgan fingerprint density at radius 1 is 1.42 bits per heavy atom. The second kappa shape index (κ2) is 7.17. The molecule has 0 aliphatic heterocycles. The Balaban J connectivity index is 2.81. The summed E-state index contributed by atoms with van der Waals surface area (Å²) in [5.41, 5.74) is 6.74. The van der Waals surface area contributed by atoms with Crippen molar-refractivity contribution in [2.75, 3.05) is 17.2 Å². The SMILES string of the molecule is CCSCCC(C)NS(=O)(=O)c1c(C)cccc1N. The normalized spacial score (nSPS) is 13.4. The second-order valence-corrected chi connectivity index (χ2v) is 7.55. The number of benzene rings is 1. The molecule has 108 valence electrons. The number of aryl methyl sites for hydroxylation is 1. The quantitative estimate of drug-likeness (QED) is 0.599. The van der Waals surface area contributed by atoms with Gasteiger partial charge in [0.05, 0.1) is 5.69 Å². The fourth-order valence-corrected chi connectivity index (χ4v) is 4.27. The first-order valence-electron chi connectivity index (χ1n) is 6.33. The maximum atomic E-state index is 12.3. The van der Waals surface area contributed by atoms with Crippen LogP contribution >= 0.6 is 11.8 Å². The standard InChI is InChI=1S/C13H22N2O2S2/c1-4-18-9-8-11(3)15-19(16,17)13-10(2)6-5-7-12(13)14/h5-7,11,15H,4,8-9,14H2,1-3H3. The summed E-state index contributed by atoms with van der Waals surface area (Å²) >= 11 is 1.81. The fourth-order valence-electron chi connectivity index (χ4n) is 1.83. The number of hydrogen-bond donors (Lipinski definition) is 2. The third-order valence-electron chi connectivity index (χ3n) is 2.77. The van der Waals surface area contributed by atoms with Crippen LogP contribution in [0.4, 0.5) is 5.69 Å². The van der Waals surface area contributed by atoms with Gasteiger partial charge in [0.15, 0.2) is 0 Å². The number of thioether (sulfide) groups is 1. The zero-order valence-electron chi connectivity index (χ0n) is 11.6. The number of sulfonamides is 1. The highest BCUT2D eigenvalue weighted by Crippen LogP contribution is 2.22. The van der Waals surface area contributed by atoms with Crippen LogP contribution in [0.3, 0.4) is 0 Å². The van der Waals surface area contributed by atoms with Gasteiger partial charge in [-0.1, -0.05) is 19.1 Å². The lowest BCUT2D eigenvalue weighted by Gasteiger charge is -2.16. The lowest BCUT2D eigenvalue weighted by molar-refractivity contribution is 0.557. The topological polar surface area (TPSA) is 72.2 Å². The van der Waals surface area contributed by atoms with Crippen LogP contribution in [0.5, 0.6) is 0 Å². The van der Waals surface area contributed by atoms with Gasteiger partial charge in [0.25, 0.3) is 0 Å². The van der Waals surface area contributed by atoms with Gasteiger partial charge in [-0.25, -0.2) is 13.1 Å². The molecule has 0 bridgehead atoms. The summed E-state index contributed by atoms with van der Waals surface area (Å²) in [7, 11) is -3.54. The van der Waals surface area contributed by atoms with E-state index < -0.39 is 10.0 Å². The zero-order chi connectivity index (χ0) is 14.5. The van der Waals surface area contributed by atoms with E-state index in [1.54, 1.807) is 36.9 Å². The van der Waals surface area contributed by atoms with Gasteiger partial charge in [-0.2, -0.15) is 11.8 Å². The highest BCUT2D eigenvalue weighted by Gasteiger charge is 2.21. The smallest absolute Gasteiger partial charge is 0.243 e. The van der Waals surface area contributed by atoms with Gasteiger partial charge in [-0.15, -0.1) is 0 Å². The summed E-state index contributed by atoms with van der Waals surface area (Å²) in [4.78, 5) is 0.199. The van der Waals surface area contributed by atoms with Gasteiger partial charge >= 0.3 is 0 Å². The van der Waals surface area contributed by atoms with Crippen molar-refractivity contribution < 1.29 is 8.42 Å². The van der Waals surface area contributed by atoms with Gasteiger partial charge in [-0.05, 0) is 43.4 Å². The molecule has 4 nitrogen and oxygen atoms in total. The van der Waals surface area contributed by atoms with Crippen molar-refractivity contribution in [1.29, 1.82) is 0 Å². The Bertz CT molecular complexity index is 495. The molecule has 1 aromatic rings. The van der Waals surface area contributed by atoms with Gasteiger partial charge in [0.1, 0.15) is 4.90 Å². The summed E-state index contributed by atoms with van der Waals surface area (Å²) in [6, 6.07) is 5.02. The predicted molar refractivity (Wildman–Crippen MR) is 83.0 cm³/mol. The Morgan fingerprint density at radius 2 is 2.11 bits per heavy atom. The van der Waals surface area contributed by atoms with E-state index in [-0.39, 0.29) is 10.9 Å². The van der Waals surface area contributed by atoms with Gasteiger partial charge < -0.3 is 5.73 Å². The average Bonchev–Trinajstić information content (AvgIpc) is 2.27. The summed E-state index contributed by atoms with van der Waals surface area (Å²) in [6.07, 6.45) is 0.809. The molecule has 0 aliphatic rings. The van der Waals surface area contributed by atoms with E-state index in [9.17, 15) is 8.42 Å². The van der Waals surface area contributed by atoms with Gasteiger partial charge in [-0.3, -0.25) is 0 Å². The molecule has 0 aromatic heterocycles. The first kappa shape index (κ1) is 16.3. The third kappa shape index (κ3) is 4.71. The molecule has 6 heteroatoms. The van der Waals surface area contributed by atoms with Crippen molar-refractivity contribution >= 4 is 27.5 Å². The van der Waals surface area contributed by atoms with E-state index in [1.165, 1.54) is 0 Å². The predicted octanol–water partition coefficient (Wildman–Crippen LogP) is 2.39. The van der Waals surface area contributed by atoms with Crippen molar-refractivity contribution in [2.45, 2.75) is 38.1 Å². The second-order valence-electron chi connectivity index (χ2n) is 4.50. The lowest BCUT2D eigenvalue weighted by Crippen LogP contribution is -2.33. The molecule has 1 unspecified atom stereocenters. The van der Waals surface area contributed by atoms with Crippen molar-refractivity contribution in [3.63, 3.8) is 0 Å². The fraction of sp³-hybridized carbons (Fsp3) is 0.538. The van der Waals surface area contributed by atoms with Crippen LogP contribution in [-0.4, -0.2) is 26.0 Å². The molecular formula is C13H22N2O2S2. The minimum absolute atomic E-state index is 0.0944. The first-order valence-corrected chi connectivity index (χ1v) is 8.97. The number of rotatable bonds is 7. The van der Waals surface area contributed by atoms with Crippen molar-refractivity contribution in [3.8, 4) is 0 Å². The molecule has 0 fully saturated rings. The molecule has 0 aliphatic carbocycles. The Morgan fingerprint density at radius 3 is 2.68 bits per heavy atom. The molecule has 0 radical (unpaired) electrons. The largest absolute Gasteiger partial charge is 0.398 e. The number of nitrogens with two attached hydrogens (primary N) is 1. The maximum absolute atomic E-state index is 12.3. The van der Waals surface area contributed by atoms with Crippen molar-refractivity contribution in [1.82, 2.24) is 4.72 Å². The first-order chi connectivity index (χ1) is 8.88. The number of nitrogen functional groups attached to an aromatic ring is 1. The van der Waals surface area contributed by atoms with Crippen LogP contribution in [0.15, 0.2) is 23.1 Å². The van der Waals surface area contributed by atoms with E-state index in [1.807, 2.05) is 6.92 Å². The number of nitrogens with one attached hydrogen (secondary N) is 1. The molecule has 3 N–H and O–H groups in total. The van der Waals surface area contributed by atoms with Crippen molar-refractivity contribution in [3.05, 3.63) is 23.8 Å². The van der Waals surface area contributed by atoms with Crippen LogP contribution in [0, 0.1) is 6.92 Å². The molecule has 1 atom stereocenters. The molecule has 0 saturated heterocycles. The minimum Gasteiger partial charge on any atom is -0.398 e. The molecule has 0 amide bonds. The van der Waals surface area contributed by atoms with Crippen LogP contribution in [0.1, 0.15) is 25.8 Å². The highest BCUT2D eigenvalue weighted by atomic mass is 32.2. The molecule has 0 heterocycles. The van der Waals surface area contributed by atoms with Crippen molar-refractivity contribution in [2.24, 2.45) is 0 Å². The minimum atomic E-state index is -3.54. The molecular weight excluding hydrogens is 280 g/mol. The summed E-state index contributed by atoms with van der Waals surface area (Å²) in [5, 5.41) is 0. The zero-order valence-corrected chi connectivity index (χ0v) is 13.3. The van der Waals surface area contributed by atoms with E-state index in [0.717, 1.165) is 17.9 Å². The van der Waals surface area contributed by atoms with Crippen LogP contribution in [-0.2, 0) is 10.0 Å². The summed E-state index contributed by atoms with van der Waals surface area (Å²) in [6.45, 7) is 5.72. The Kier molecular flexibility index (Phi) is 6.16. The van der Waals surface area contributed by atoms with Crippen LogP contribution in [0.25, 0.3) is 0 Å². The monoisotopic (exact) mass is 302 g/mol. The summed E-state index contributed by atoms with van der Waals surface area (Å²) in [5.74, 6) is 1.99. The Hall–Kier alpha value is -0.720. The van der Waals surface area contributed by atoms with E-state index >= 15 is 0 Å². The molecule has 1 rings (SSSR count). The molecule has 1 aromatic carbocycles.